The van der Waals surface area contributed by atoms with Crippen LogP contribution in [0.2, 0.25) is 0 Å². The van der Waals surface area contributed by atoms with E-state index in [-0.39, 0.29) is 18.0 Å². The van der Waals surface area contributed by atoms with Crippen LogP contribution in [0.3, 0.4) is 0 Å². The Hall–Kier alpha value is -3.91. The Kier molecular flexibility index (Phi) is 9.25. The predicted molar refractivity (Wildman–Crippen MR) is 128 cm³/mol. The number of urea groups is 1. The summed E-state index contributed by atoms with van der Waals surface area (Å²) in [6.07, 6.45) is -3.45. The van der Waals surface area contributed by atoms with Crippen LogP contribution in [-0.2, 0) is 9.53 Å². The van der Waals surface area contributed by atoms with Gasteiger partial charge < -0.3 is 24.8 Å². The summed E-state index contributed by atoms with van der Waals surface area (Å²) in [4.78, 5) is 28.1. The molecule has 14 heteroatoms. The topological polar surface area (TPSA) is 142 Å². The van der Waals surface area contributed by atoms with E-state index in [0.29, 0.717) is 24.9 Å². The fraction of sp³-hybridized carbons (Fsp3) is 0.391. The van der Waals surface area contributed by atoms with E-state index in [1.165, 1.54) is 5.56 Å². The number of pyridine rings is 1. The van der Waals surface area contributed by atoms with Crippen LogP contribution in [0.1, 0.15) is 11.5 Å². The fourth-order valence-corrected chi connectivity index (χ4v) is 3.80. The van der Waals surface area contributed by atoms with E-state index >= 15 is 0 Å². The van der Waals surface area contributed by atoms with Gasteiger partial charge in [0.25, 0.3) is 0 Å². The SMILES string of the molecule is COCCOc1n[nH]c2cc(NC(=O)N[C@H]3CN(C)C[C@@H]3c3ccccc3)ncc12.O=C(O)C(F)(F)F. The van der Waals surface area contributed by atoms with E-state index in [1.807, 2.05) is 18.2 Å². The van der Waals surface area contributed by atoms with Gasteiger partial charge in [0, 0.05) is 38.4 Å². The number of aromatic amines is 1. The molecule has 1 fully saturated rings. The highest BCUT2D eigenvalue weighted by atomic mass is 19.4. The number of aliphatic carboxylic acids is 1. The van der Waals surface area contributed by atoms with Gasteiger partial charge in [0.2, 0.25) is 5.88 Å². The standard InChI is InChI=1S/C21H26N6O3.C2HF3O2/c1-27-12-16(14-6-4-3-5-7-14)18(13-27)23-21(28)24-19-10-17-15(11-22-19)20(26-25-17)30-9-8-29-2;3-2(4,5)1(6)7/h3-7,10-11,16,18H,8-9,12-13H2,1-2H3,(H,25,26)(H2,22,23,24,28);(H,6,7)/t16-,18+;/m1./s1. The first kappa shape index (κ1) is 27.7. The number of carboxylic acids is 1. The molecule has 1 aromatic carbocycles. The van der Waals surface area contributed by atoms with Crippen LogP contribution in [-0.4, -0.2) is 89.9 Å². The third kappa shape index (κ3) is 7.79. The van der Waals surface area contributed by atoms with Crippen LogP contribution in [0.15, 0.2) is 42.6 Å². The van der Waals surface area contributed by atoms with Crippen molar-refractivity contribution in [1.29, 1.82) is 0 Å². The number of aromatic nitrogens is 3. The molecule has 2 aromatic heterocycles. The number of hydrogen-bond donors (Lipinski definition) is 4. The number of alkyl halides is 3. The second kappa shape index (κ2) is 12.4. The minimum Gasteiger partial charge on any atom is -0.475 e. The number of nitrogens with one attached hydrogen (secondary N) is 3. The molecule has 4 rings (SSSR count). The number of carboxylic acid groups (broad SMARTS) is 1. The minimum absolute atomic E-state index is 0.0223. The highest BCUT2D eigenvalue weighted by molar-refractivity contribution is 5.92. The third-order valence-corrected chi connectivity index (χ3v) is 5.47. The molecule has 0 radical (unpaired) electrons. The number of fused-ring (bicyclic) bond motifs is 1. The van der Waals surface area contributed by atoms with Crippen molar-refractivity contribution in [2.75, 3.05) is 45.8 Å². The zero-order chi connectivity index (χ0) is 27.0. The molecule has 200 valence electrons. The molecule has 1 aliphatic heterocycles. The highest BCUT2D eigenvalue weighted by Gasteiger charge is 2.38. The monoisotopic (exact) mass is 524 g/mol. The Morgan fingerprint density at radius 2 is 1.92 bits per heavy atom. The number of benzene rings is 1. The Bertz CT molecular complexity index is 1190. The van der Waals surface area contributed by atoms with Crippen LogP contribution in [0.4, 0.5) is 23.8 Å². The second-order valence-corrected chi connectivity index (χ2v) is 8.23. The molecule has 37 heavy (non-hydrogen) atoms. The Morgan fingerprint density at radius 1 is 1.22 bits per heavy atom. The Morgan fingerprint density at radius 3 is 2.57 bits per heavy atom. The molecule has 2 amide bonds. The number of hydrogen-bond acceptors (Lipinski definition) is 7. The molecule has 3 aromatic rings. The first-order valence-electron chi connectivity index (χ1n) is 11.2. The van der Waals surface area contributed by atoms with Gasteiger partial charge in [0.15, 0.2) is 0 Å². The molecule has 1 aliphatic rings. The number of amides is 2. The molecule has 0 spiro atoms. The Labute approximate surface area is 210 Å². The summed E-state index contributed by atoms with van der Waals surface area (Å²) in [5, 5.41) is 20.8. The van der Waals surface area contributed by atoms with Crippen LogP contribution < -0.4 is 15.4 Å². The number of carbonyl (C=O) groups excluding carboxylic acids is 1. The number of anilines is 1. The summed E-state index contributed by atoms with van der Waals surface area (Å²) in [5.74, 6) is -1.61. The minimum atomic E-state index is -5.08. The van der Waals surface area contributed by atoms with Crippen LogP contribution in [0, 0.1) is 0 Å². The Balaban J connectivity index is 0.000000479. The van der Waals surface area contributed by atoms with Crippen LogP contribution >= 0.6 is 0 Å². The predicted octanol–water partition coefficient (Wildman–Crippen LogP) is 2.84. The smallest absolute Gasteiger partial charge is 0.475 e. The van der Waals surface area contributed by atoms with Gasteiger partial charge in [-0.25, -0.2) is 14.6 Å². The van der Waals surface area contributed by atoms with Crippen molar-refractivity contribution in [3.63, 3.8) is 0 Å². The number of rotatable bonds is 7. The van der Waals surface area contributed by atoms with Crippen molar-refractivity contribution in [1.82, 2.24) is 25.4 Å². The van der Waals surface area contributed by atoms with E-state index in [1.54, 1.807) is 19.4 Å². The van der Waals surface area contributed by atoms with Crippen molar-refractivity contribution in [3.8, 4) is 5.88 Å². The number of carbonyl (C=O) groups is 2. The van der Waals surface area contributed by atoms with Gasteiger partial charge in [-0.2, -0.15) is 13.2 Å². The third-order valence-electron chi connectivity index (χ3n) is 5.47. The van der Waals surface area contributed by atoms with Gasteiger partial charge in [0.1, 0.15) is 12.4 Å². The van der Waals surface area contributed by atoms with E-state index in [9.17, 15) is 18.0 Å². The van der Waals surface area contributed by atoms with Crippen molar-refractivity contribution >= 4 is 28.7 Å². The summed E-state index contributed by atoms with van der Waals surface area (Å²) >= 11 is 0. The molecule has 0 bridgehead atoms. The van der Waals surface area contributed by atoms with Crippen molar-refractivity contribution < 1.29 is 37.3 Å². The average molecular weight is 525 g/mol. The number of nitrogens with zero attached hydrogens (tertiary/aromatic N) is 3. The van der Waals surface area contributed by atoms with Gasteiger partial charge in [0.05, 0.1) is 23.6 Å². The van der Waals surface area contributed by atoms with Gasteiger partial charge in [-0.05, 0) is 12.6 Å². The molecule has 1 saturated heterocycles. The number of methoxy groups -OCH3 is 1. The summed E-state index contributed by atoms with van der Waals surface area (Å²) in [7, 11) is 3.68. The lowest BCUT2D eigenvalue weighted by Crippen LogP contribution is -2.42. The molecule has 11 nitrogen and oxygen atoms in total. The van der Waals surface area contributed by atoms with E-state index in [2.05, 4.69) is 49.9 Å². The zero-order valence-corrected chi connectivity index (χ0v) is 20.1. The highest BCUT2D eigenvalue weighted by Crippen LogP contribution is 2.27. The maximum Gasteiger partial charge on any atom is 0.490 e. The summed E-state index contributed by atoms with van der Waals surface area (Å²) in [6, 6.07) is 11.8. The molecule has 0 saturated carbocycles. The first-order chi connectivity index (χ1) is 17.6. The lowest BCUT2D eigenvalue weighted by Gasteiger charge is -2.20. The molecule has 3 heterocycles. The number of halogens is 3. The van der Waals surface area contributed by atoms with Crippen LogP contribution in [0.5, 0.6) is 5.88 Å². The number of likely N-dealkylation sites (tertiary alicyclic amines) is 1. The maximum atomic E-state index is 12.6. The summed E-state index contributed by atoms with van der Waals surface area (Å²) in [5.41, 5.74) is 1.96. The fourth-order valence-electron chi connectivity index (χ4n) is 3.80. The van der Waals surface area contributed by atoms with Gasteiger partial charge in [-0.1, -0.05) is 30.3 Å². The average Bonchev–Trinajstić information content (AvgIpc) is 3.42. The molecule has 2 atom stereocenters. The maximum absolute atomic E-state index is 12.6. The quantitative estimate of drug-likeness (QED) is 0.346. The molecule has 0 unspecified atom stereocenters. The van der Waals surface area contributed by atoms with Gasteiger partial charge >= 0.3 is 18.2 Å². The molecule has 0 aliphatic carbocycles. The first-order valence-corrected chi connectivity index (χ1v) is 11.2. The summed E-state index contributed by atoms with van der Waals surface area (Å²) < 4.78 is 42.3. The van der Waals surface area contributed by atoms with Crippen molar-refractivity contribution in [2.24, 2.45) is 0 Å². The molecular formula is C23H27F3N6O5. The van der Waals surface area contributed by atoms with Gasteiger partial charge in [-0.3, -0.25) is 10.4 Å². The number of H-pyrrole nitrogens is 1. The lowest BCUT2D eigenvalue weighted by molar-refractivity contribution is -0.192. The molecule has 4 N–H and O–H groups in total. The van der Waals surface area contributed by atoms with Gasteiger partial charge in [-0.15, -0.1) is 5.10 Å². The van der Waals surface area contributed by atoms with E-state index in [4.69, 9.17) is 19.4 Å². The van der Waals surface area contributed by atoms with E-state index < -0.39 is 12.1 Å². The van der Waals surface area contributed by atoms with Crippen molar-refractivity contribution in [3.05, 3.63) is 48.2 Å². The second-order valence-electron chi connectivity index (χ2n) is 8.23. The largest absolute Gasteiger partial charge is 0.490 e. The zero-order valence-electron chi connectivity index (χ0n) is 20.1. The molecular weight excluding hydrogens is 497 g/mol. The normalized spacial score (nSPS) is 17.6. The van der Waals surface area contributed by atoms with Crippen molar-refractivity contribution in [2.45, 2.75) is 18.1 Å². The summed E-state index contributed by atoms with van der Waals surface area (Å²) in [6.45, 7) is 2.57. The lowest BCUT2D eigenvalue weighted by atomic mass is 9.94. The number of likely N-dealkylation sites (N-methyl/N-ethyl adjacent to an activating group) is 1. The van der Waals surface area contributed by atoms with E-state index in [0.717, 1.165) is 24.0 Å². The number of ether oxygens (including phenoxy) is 2. The van der Waals surface area contributed by atoms with Crippen LogP contribution in [0.25, 0.3) is 10.9 Å².